The van der Waals surface area contributed by atoms with Crippen LogP contribution >= 0.6 is 23.5 Å². The van der Waals surface area contributed by atoms with E-state index in [1.807, 2.05) is 0 Å². The van der Waals surface area contributed by atoms with Gasteiger partial charge in [0.2, 0.25) is 5.95 Å². The summed E-state index contributed by atoms with van der Waals surface area (Å²) in [6.07, 6.45) is 1.19. The Kier molecular flexibility index (Phi) is 7.15. The summed E-state index contributed by atoms with van der Waals surface area (Å²) in [5.41, 5.74) is 4.84. The van der Waals surface area contributed by atoms with E-state index in [9.17, 15) is 28.5 Å². The third-order valence-electron chi connectivity index (χ3n) is 3.10. The number of fused-ring (bicyclic) bond motifs is 1. The number of anilines is 1. The van der Waals surface area contributed by atoms with E-state index in [-0.39, 0.29) is 23.7 Å². The number of aromatic amines is 1. The number of rotatable bonds is 10. The molecule has 2 heterocycles. The molecule has 0 fully saturated rings. The molecule has 20 heteroatoms. The van der Waals surface area contributed by atoms with Crippen molar-refractivity contribution in [3.63, 3.8) is 0 Å². The highest BCUT2D eigenvalue weighted by atomic mass is 31.3. The molecule has 0 aliphatic heterocycles. The van der Waals surface area contributed by atoms with Crippen LogP contribution in [0.15, 0.2) is 11.1 Å². The molecule has 0 aromatic carbocycles. The molecule has 0 amide bonds. The monoisotopic (exact) mass is 479 g/mol. The number of nitrogens with one attached hydrogen (secondary N) is 1. The molecule has 2 aromatic heterocycles. The third kappa shape index (κ3) is 7.06. The summed E-state index contributed by atoms with van der Waals surface area (Å²) in [4.78, 5) is 57.1. The minimum atomic E-state index is -5.65. The highest BCUT2D eigenvalue weighted by Gasteiger charge is 2.40. The Labute approximate surface area is 160 Å². The number of nitrogens with zero attached hydrogens (tertiary/aromatic N) is 3. The molecule has 2 aromatic rings. The first-order chi connectivity index (χ1) is 13.2. The number of hydrogen-bond acceptors (Lipinski definition) is 11. The van der Waals surface area contributed by atoms with Gasteiger partial charge in [0.25, 0.3) is 5.56 Å². The van der Waals surface area contributed by atoms with Crippen LogP contribution in [0.25, 0.3) is 11.2 Å². The first-order valence-electron chi connectivity index (χ1n) is 7.31. The molecular weight excluding hydrogens is 463 g/mol. The van der Waals surface area contributed by atoms with E-state index >= 15 is 0 Å². The van der Waals surface area contributed by atoms with Crippen molar-refractivity contribution in [2.24, 2.45) is 5.92 Å². The number of aliphatic hydroxyl groups excluding tert-OH is 1. The van der Waals surface area contributed by atoms with Crippen LogP contribution in [0.2, 0.25) is 0 Å². The molecule has 3 unspecified atom stereocenters. The zero-order chi connectivity index (χ0) is 22.0. The maximum Gasteiger partial charge on any atom is 0.490 e. The molecule has 0 bridgehead atoms. The molecule has 29 heavy (non-hydrogen) atoms. The van der Waals surface area contributed by atoms with Gasteiger partial charge < -0.3 is 35.0 Å². The molecule has 0 saturated heterocycles. The summed E-state index contributed by atoms with van der Waals surface area (Å²) < 4.78 is 46.4. The molecule has 3 atom stereocenters. The number of phosphoric acid groups is 3. The van der Waals surface area contributed by atoms with Gasteiger partial charge in [-0.25, -0.2) is 18.7 Å². The van der Waals surface area contributed by atoms with E-state index < -0.39 is 48.2 Å². The minimum Gasteiger partial charge on any atom is -0.396 e. The van der Waals surface area contributed by atoms with Gasteiger partial charge in [0.05, 0.1) is 12.9 Å². The van der Waals surface area contributed by atoms with Crippen LogP contribution in [0.4, 0.5) is 5.95 Å². The number of H-pyrrole nitrogens is 1. The number of aliphatic hydroxyl groups is 1. The summed E-state index contributed by atoms with van der Waals surface area (Å²) in [5, 5.41) is 9.42. The number of aromatic nitrogens is 4. The number of hydrogen-bond donors (Lipinski definition) is 7. The summed E-state index contributed by atoms with van der Waals surface area (Å²) in [6, 6.07) is 0. The van der Waals surface area contributed by atoms with Gasteiger partial charge in [0.1, 0.15) is 0 Å². The van der Waals surface area contributed by atoms with Crippen molar-refractivity contribution in [3.05, 3.63) is 16.7 Å². The van der Waals surface area contributed by atoms with Gasteiger partial charge in [-0.15, -0.1) is 0 Å². The minimum absolute atomic E-state index is 0.0521. The van der Waals surface area contributed by atoms with Crippen molar-refractivity contribution in [1.82, 2.24) is 19.5 Å². The van der Waals surface area contributed by atoms with Gasteiger partial charge in [-0.1, -0.05) is 0 Å². The fraction of sp³-hybridized carbons (Fsp3) is 0.444. The molecule has 0 saturated carbocycles. The Morgan fingerprint density at radius 2 is 1.83 bits per heavy atom. The Morgan fingerprint density at radius 3 is 2.41 bits per heavy atom. The lowest BCUT2D eigenvalue weighted by Gasteiger charge is -2.19. The quantitative estimate of drug-likeness (QED) is 0.194. The van der Waals surface area contributed by atoms with Crippen LogP contribution in [0.1, 0.15) is 0 Å². The van der Waals surface area contributed by atoms with E-state index in [0.717, 1.165) is 0 Å². The smallest absolute Gasteiger partial charge is 0.396 e. The van der Waals surface area contributed by atoms with Gasteiger partial charge in [-0.2, -0.15) is 13.6 Å². The average Bonchev–Trinajstić information content (AvgIpc) is 2.90. The molecule has 0 aliphatic rings. The molecule has 0 radical (unpaired) electrons. The predicted molar refractivity (Wildman–Crippen MR) is 93.0 cm³/mol. The van der Waals surface area contributed by atoms with Gasteiger partial charge in [-0.05, 0) is 0 Å². The third-order valence-corrected chi connectivity index (χ3v) is 6.90. The fourth-order valence-corrected chi connectivity index (χ4v) is 5.14. The molecule has 17 nitrogen and oxygen atoms in total. The lowest BCUT2D eigenvalue weighted by Crippen LogP contribution is -2.20. The van der Waals surface area contributed by atoms with E-state index in [4.69, 9.17) is 20.4 Å². The van der Waals surface area contributed by atoms with Crippen LogP contribution in [0.5, 0.6) is 0 Å². The van der Waals surface area contributed by atoms with Gasteiger partial charge in [-0.3, -0.25) is 14.3 Å². The summed E-state index contributed by atoms with van der Waals surface area (Å²) in [7, 11) is -16.5. The summed E-state index contributed by atoms with van der Waals surface area (Å²) in [5.74, 6) is -1.13. The van der Waals surface area contributed by atoms with Crippen molar-refractivity contribution in [2.45, 2.75) is 6.54 Å². The molecule has 0 aliphatic carbocycles. The Balaban J connectivity index is 2.07. The Bertz CT molecular complexity index is 1080. The van der Waals surface area contributed by atoms with E-state index in [2.05, 4.69) is 28.1 Å². The molecular formula is C9H16N5O12P3. The number of phosphoric ester groups is 1. The second kappa shape index (κ2) is 8.71. The zero-order valence-corrected chi connectivity index (χ0v) is 16.8. The second-order valence-corrected chi connectivity index (χ2v) is 9.88. The lowest BCUT2D eigenvalue weighted by molar-refractivity contribution is 0.117. The van der Waals surface area contributed by atoms with E-state index in [1.165, 1.54) is 10.9 Å². The van der Waals surface area contributed by atoms with E-state index in [1.54, 1.807) is 0 Å². The maximum absolute atomic E-state index is 11.7. The number of nitrogens with two attached hydrogens (primary N) is 1. The largest absolute Gasteiger partial charge is 0.490 e. The summed E-state index contributed by atoms with van der Waals surface area (Å²) in [6.45, 7) is -1.48. The average molecular weight is 479 g/mol. The first kappa shape index (κ1) is 23.8. The Hall–Kier alpha value is -1.48. The van der Waals surface area contributed by atoms with Crippen LogP contribution in [0.3, 0.4) is 0 Å². The van der Waals surface area contributed by atoms with Crippen molar-refractivity contribution in [1.29, 1.82) is 0 Å². The lowest BCUT2D eigenvalue weighted by atomic mass is 10.2. The van der Waals surface area contributed by atoms with Crippen LogP contribution in [-0.2, 0) is 33.4 Å². The van der Waals surface area contributed by atoms with Gasteiger partial charge in [0, 0.05) is 19.1 Å². The molecule has 0 spiro atoms. The maximum atomic E-state index is 11.7. The van der Waals surface area contributed by atoms with Crippen LogP contribution in [-0.4, -0.2) is 57.4 Å². The van der Waals surface area contributed by atoms with Crippen LogP contribution in [0, 0.1) is 5.92 Å². The normalized spacial score (nSPS) is 17.7. The number of imidazole rings is 1. The molecule has 164 valence electrons. The highest BCUT2D eigenvalue weighted by Crippen LogP contribution is 2.66. The number of nitrogen functional groups attached to an aromatic ring is 1. The van der Waals surface area contributed by atoms with Crippen molar-refractivity contribution >= 4 is 40.6 Å². The Morgan fingerprint density at radius 1 is 1.17 bits per heavy atom. The molecule has 2 rings (SSSR count). The SMILES string of the molecule is Nc1nc2c(ncn2CC(CO)COP(=O)(O)OP(=O)(O)OP(=O)(O)O)c(=O)[nH]1. The topological polar surface area (TPSA) is 270 Å². The van der Waals surface area contributed by atoms with Gasteiger partial charge in [0.15, 0.2) is 11.2 Å². The van der Waals surface area contributed by atoms with E-state index in [0.29, 0.717) is 0 Å². The zero-order valence-electron chi connectivity index (χ0n) is 14.1. The highest BCUT2D eigenvalue weighted by molar-refractivity contribution is 7.66. The van der Waals surface area contributed by atoms with Crippen molar-refractivity contribution < 1.29 is 51.5 Å². The first-order valence-corrected chi connectivity index (χ1v) is 11.8. The fourth-order valence-electron chi connectivity index (χ4n) is 2.05. The summed E-state index contributed by atoms with van der Waals surface area (Å²) >= 11 is 0. The second-order valence-electron chi connectivity index (χ2n) is 5.46. The predicted octanol–water partition coefficient (Wildman–Crippen LogP) is -1.35. The standard InChI is InChI=1S/C9H16N5O12P3/c10-9-12-7-6(8(16)13-9)11-4-14(7)1-5(2-15)3-24-28(20,21)26-29(22,23)25-27(17,18)19/h4-5,15H,1-3H2,(H,20,21)(H,22,23)(H2,17,18,19)(H3,10,12,13,16). The molecule has 8 N–H and O–H groups in total. The van der Waals surface area contributed by atoms with Crippen molar-refractivity contribution in [2.75, 3.05) is 18.9 Å². The van der Waals surface area contributed by atoms with Crippen molar-refractivity contribution in [3.8, 4) is 0 Å². The van der Waals surface area contributed by atoms with Gasteiger partial charge >= 0.3 is 23.5 Å². The van der Waals surface area contributed by atoms with Crippen LogP contribution < -0.4 is 11.3 Å².